The summed E-state index contributed by atoms with van der Waals surface area (Å²) in [7, 11) is -4.04. The third-order valence-corrected chi connectivity index (χ3v) is 6.29. The first kappa shape index (κ1) is 24.1. The van der Waals surface area contributed by atoms with Crippen molar-refractivity contribution in [3.63, 3.8) is 0 Å². The van der Waals surface area contributed by atoms with E-state index in [-0.39, 0.29) is 23.0 Å². The van der Waals surface area contributed by atoms with Gasteiger partial charge >= 0.3 is 12.5 Å². The Morgan fingerprint density at radius 3 is 2.15 bits per heavy atom. The highest BCUT2D eigenvalue weighted by molar-refractivity contribution is 7.91. The highest BCUT2D eigenvalue weighted by Gasteiger charge is 2.38. The molecule has 14 heteroatoms. The van der Waals surface area contributed by atoms with Gasteiger partial charge in [0.15, 0.2) is 9.84 Å². The third kappa shape index (κ3) is 6.49. The Kier molecular flexibility index (Phi) is 6.98. The van der Waals surface area contributed by atoms with E-state index in [0.717, 1.165) is 12.1 Å². The number of benzene rings is 2. The topological polar surface area (TPSA) is 140 Å². The van der Waals surface area contributed by atoms with E-state index in [2.05, 4.69) is 14.8 Å². The van der Waals surface area contributed by atoms with Crippen LogP contribution in [0.4, 0.5) is 18.0 Å². The Balaban J connectivity index is 1.69. The number of nitrogens with one attached hydrogen (secondary N) is 2. The molecule has 1 unspecified atom stereocenters. The van der Waals surface area contributed by atoms with Gasteiger partial charge < -0.3 is 19.5 Å². The smallest absolute Gasteiger partial charge is 0.457 e. The lowest BCUT2D eigenvalue weighted by Crippen LogP contribution is -2.46. The molecular formula is C19H17F3N2O8S. The molecule has 1 aliphatic rings. The molecule has 0 saturated carbocycles. The Labute approximate surface area is 185 Å². The molecule has 0 radical (unpaired) electrons. The van der Waals surface area contributed by atoms with Crippen molar-refractivity contribution in [3.05, 3.63) is 48.5 Å². The number of hydroxylamine groups is 1. The van der Waals surface area contributed by atoms with Crippen molar-refractivity contribution in [1.29, 1.82) is 0 Å². The Bertz CT molecular complexity index is 1110. The largest absolute Gasteiger partial charge is 0.573 e. The van der Waals surface area contributed by atoms with E-state index < -0.39 is 51.7 Å². The van der Waals surface area contributed by atoms with Crippen molar-refractivity contribution in [2.75, 3.05) is 12.4 Å². The van der Waals surface area contributed by atoms with Gasteiger partial charge in [-0.25, -0.2) is 18.7 Å². The minimum atomic E-state index is -4.82. The second kappa shape index (κ2) is 9.54. The van der Waals surface area contributed by atoms with Gasteiger partial charge in [0.1, 0.15) is 23.9 Å². The lowest BCUT2D eigenvalue weighted by molar-refractivity contribution is -0.274. The number of sulfone groups is 1. The van der Waals surface area contributed by atoms with Crippen LogP contribution in [0.1, 0.15) is 0 Å². The van der Waals surface area contributed by atoms with Gasteiger partial charge in [-0.2, -0.15) is 0 Å². The number of hydrogen-bond donors (Lipinski definition) is 3. The van der Waals surface area contributed by atoms with Crippen LogP contribution in [-0.2, 0) is 19.4 Å². The second-order valence-electron chi connectivity index (χ2n) is 6.81. The fraction of sp³-hybridized carbons (Fsp3) is 0.263. The quantitative estimate of drug-likeness (QED) is 0.379. The van der Waals surface area contributed by atoms with Crippen LogP contribution >= 0.6 is 0 Å². The summed E-state index contributed by atoms with van der Waals surface area (Å²) in [6.45, 7) is -0.244. The van der Waals surface area contributed by atoms with Crippen molar-refractivity contribution in [1.82, 2.24) is 10.8 Å². The molecular weight excluding hydrogens is 473 g/mol. The molecule has 1 saturated heterocycles. The molecule has 0 bridgehead atoms. The number of rotatable bonds is 8. The van der Waals surface area contributed by atoms with Gasteiger partial charge in [-0.3, -0.25) is 10.0 Å². The lowest BCUT2D eigenvalue weighted by Gasteiger charge is -2.19. The minimum absolute atomic E-state index is 0.162. The summed E-state index contributed by atoms with van der Waals surface area (Å²) in [5.41, 5.74) is 1.38. The van der Waals surface area contributed by atoms with E-state index in [1.54, 1.807) is 0 Å². The van der Waals surface area contributed by atoms with Crippen LogP contribution in [0.2, 0.25) is 0 Å². The van der Waals surface area contributed by atoms with Crippen molar-refractivity contribution >= 4 is 21.8 Å². The highest BCUT2D eigenvalue weighted by atomic mass is 32.2. The van der Waals surface area contributed by atoms with Crippen LogP contribution in [0.15, 0.2) is 53.4 Å². The Morgan fingerprint density at radius 2 is 1.67 bits per heavy atom. The summed E-state index contributed by atoms with van der Waals surface area (Å²) in [6, 6.07) is 8.69. The van der Waals surface area contributed by atoms with Crippen molar-refractivity contribution in [2.24, 2.45) is 5.92 Å². The van der Waals surface area contributed by atoms with Crippen LogP contribution in [0, 0.1) is 5.92 Å². The lowest BCUT2D eigenvalue weighted by atomic mass is 10.0. The van der Waals surface area contributed by atoms with Gasteiger partial charge in [0.25, 0.3) is 0 Å². The fourth-order valence-corrected chi connectivity index (χ4v) is 4.57. The molecule has 0 aliphatic carbocycles. The molecule has 10 nitrogen and oxygen atoms in total. The van der Waals surface area contributed by atoms with Gasteiger partial charge in [-0.1, -0.05) is 0 Å². The normalized spacial score (nSPS) is 17.0. The van der Waals surface area contributed by atoms with Gasteiger partial charge in [0, 0.05) is 0 Å². The molecule has 3 N–H and O–H groups in total. The van der Waals surface area contributed by atoms with Crippen LogP contribution in [0.5, 0.6) is 17.2 Å². The average Bonchev–Trinajstić information content (AvgIpc) is 3.18. The molecule has 33 heavy (non-hydrogen) atoms. The number of alkyl carbamates (subject to hydrolysis) is 1. The highest BCUT2D eigenvalue weighted by Crippen LogP contribution is 2.28. The number of hydrogen-bond acceptors (Lipinski definition) is 8. The molecule has 2 atom stereocenters. The number of cyclic esters (lactones) is 1. The third-order valence-electron chi connectivity index (χ3n) is 4.50. The van der Waals surface area contributed by atoms with Crippen molar-refractivity contribution in [3.8, 4) is 17.2 Å². The van der Waals surface area contributed by atoms with Crippen LogP contribution in [0.3, 0.4) is 0 Å². The molecule has 0 aromatic heterocycles. The van der Waals surface area contributed by atoms with Crippen molar-refractivity contribution < 1.29 is 50.6 Å². The Hall–Kier alpha value is -3.52. The summed E-state index contributed by atoms with van der Waals surface area (Å²) >= 11 is 0. The predicted molar refractivity (Wildman–Crippen MR) is 103 cm³/mol. The second-order valence-corrected chi connectivity index (χ2v) is 8.84. The molecule has 3 rings (SSSR count). The number of carbonyl (C=O) groups excluding carboxylic acids is 2. The summed E-state index contributed by atoms with van der Waals surface area (Å²) < 4.78 is 76.1. The number of alkyl halides is 3. The minimum Gasteiger partial charge on any atom is -0.457 e. The molecule has 2 amide bonds. The first-order valence-electron chi connectivity index (χ1n) is 9.20. The van der Waals surface area contributed by atoms with Gasteiger partial charge in [-0.05, 0) is 48.5 Å². The monoisotopic (exact) mass is 490 g/mol. The zero-order valence-electron chi connectivity index (χ0n) is 16.5. The maximum atomic E-state index is 12.8. The van der Waals surface area contributed by atoms with Crippen LogP contribution < -0.4 is 20.3 Å². The number of carbonyl (C=O) groups is 2. The van der Waals surface area contributed by atoms with E-state index in [1.807, 2.05) is 0 Å². The molecule has 1 fully saturated rings. The zero-order valence-corrected chi connectivity index (χ0v) is 17.4. The first-order valence-corrected chi connectivity index (χ1v) is 10.9. The van der Waals surface area contributed by atoms with Crippen LogP contribution in [-0.4, -0.2) is 50.4 Å². The van der Waals surface area contributed by atoms with Gasteiger partial charge in [0.05, 0.1) is 22.6 Å². The molecule has 2 aromatic carbocycles. The Morgan fingerprint density at radius 1 is 1.12 bits per heavy atom. The SMILES string of the molecule is O=C1N[C@@H](C(CS(=O)(=O)c2ccc(Oc3ccc(OC(F)(F)F)cc3)cc2)C(=O)NO)CO1. The molecule has 1 heterocycles. The van der Waals surface area contributed by atoms with E-state index in [1.165, 1.54) is 41.9 Å². The standard InChI is InChI=1S/C19H17F3N2O8S/c20-19(21,22)32-13-3-1-11(2-4-13)31-12-5-7-14(8-6-12)33(28,29)10-15(17(25)24-27)16-9-30-18(26)23-16/h1-8,15-16,27H,9-10H2,(H,23,26)(H,24,25)/t15?,16-/m1/s1. The number of halogens is 3. The van der Waals surface area contributed by atoms with Crippen molar-refractivity contribution in [2.45, 2.75) is 17.3 Å². The zero-order chi connectivity index (χ0) is 24.2. The van der Waals surface area contributed by atoms with E-state index >= 15 is 0 Å². The van der Waals surface area contributed by atoms with Gasteiger partial charge in [-0.15, -0.1) is 13.2 Å². The maximum absolute atomic E-state index is 12.8. The summed E-state index contributed by atoms with van der Waals surface area (Å²) in [5, 5.41) is 11.2. The molecule has 2 aromatic rings. The molecule has 1 aliphatic heterocycles. The average molecular weight is 490 g/mol. The summed E-state index contributed by atoms with van der Waals surface area (Å²) in [4.78, 5) is 23.0. The number of ether oxygens (including phenoxy) is 3. The fourth-order valence-electron chi connectivity index (χ4n) is 2.97. The van der Waals surface area contributed by atoms with Gasteiger partial charge in [0.2, 0.25) is 5.91 Å². The van der Waals surface area contributed by atoms with E-state index in [4.69, 9.17) is 9.94 Å². The van der Waals surface area contributed by atoms with Crippen LogP contribution in [0.25, 0.3) is 0 Å². The summed E-state index contributed by atoms with van der Waals surface area (Å²) in [6.07, 6.45) is -5.63. The van der Waals surface area contributed by atoms with E-state index in [0.29, 0.717) is 0 Å². The first-order chi connectivity index (χ1) is 15.5. The maximum Gasteiger partial charge on any atom is 0.573 e. The summed E-state index contributed by atoms with van der Waals surface area (Å²) in [5.74, 6) is -3.11. The molecule has 0 spiro atoms. The van der Waals surface area contributed by atoms with E-state index in [9.17, 15) is 31.2 Å². The predicted octanol–water partition coefficient (Wildman–Crippen LogP) is 2.38. The molecule has 178 valence electrons. The number of amides is 2.